The van der Waals surface area contributed by atoms with Gasteiger partial charge in [0.05, 0.1) is 13.7 Å². The van der Waals surface area contributed by atoms with Gasteiger partial charge in [-0.3, -0.25) is 0 Å². The molecule has 9 heteroatoms. The number of rotatable bonds is 9. The van der Waals surface area contributed by atoms with Crippen LogP contribution in [0.15, 0.2) is 48.6 Å². The lowest BCUT2D eigenvalue weighted by Gasteiger charge is -2.05. The molecule has 0 aliphatic rings. The van der Waals surface area contributed by atoms with Crippen LogP contribution < -0.4 is 0 Å². The minimum atomic E-state index is -0.489. The molecule has 0 fully saturated rings. The average molecular weight is 428 g/mol. The Morgan fingerprint density at radius 3 is 1.03 bits per heavy atom. The maximum Gasteiger partial charge on any atom is 0.333 e. The number of hydrogen-bond acceptors (Lipinski definition) is 9. The fourth-order valence-corrected chi connectivity index (χ4v) is 0.951. The van der Waals surface area contributed by atoms with E-state index < -0.39 is 17.9 Å². The van der Waals surface area contributed by atoms with E-state index in [-0.39, 0.29) is 32.4 Å². The molecule has 0 unspecified atom stereocenters. The summed E-state index contributed by atoms with van der Waals surface area (Å²) in [6, 6.07) is 0. The Balaban J connectivity index is -0.000000393. The zero-order valence-electron chi connectivity index (χ0n) is 18.4. The predicted octanol–water partition coefficient (Wildman–Crippen LogP) is 2.06. The lowest BCUT2D eigenvalue weighted by molar-refractivity contribution is -0.147. The van der Waals surface area contributed by atoms with Crippen LogP contribution in [0.5, 0.6) is 0 Å². The first-order chi connectivity index (χ1) is 13.8. The van der Waals surface area contributed by atoms with Crippen LogP contribution in [0.3, 0.4) is 0 Å². The number of carbonyl (C=O) groups is 4. The topological polar surface area (TPSA) is 125 Å². The highest BCUT2D eigenvalue weighted by atomic mass is 16.6. The summed E-state index contributed by atoms with van der Waals surface area (Å²) < 4.78 is 18.1. The molecule has 0 aliphatic carbocycles. The summed E-state index contributed by atoms with van der Waals surface area (Å²) in [7, 11) is 1.33. The van der Waals surface area contributed by atoms with Crippen LogP contribution in [0.1, 0.15) is 27.7 Å². The first-order valence-corrected chi connectivity index (χ1v) is 8.64. The molecule has 0 aromatic rings. The van der Waals surface area contributed by atoms with Gasteiger partial charge in [-0.25, -0.2) is 19.2 Å². The SMILES string of the molecule is C=C(C)C(=O)OC.C=C(C)C(=O)OCCO.C=C(C)C(=O)OCCOC(=O)C(=C)C. The van der Waals surface area contributed by atoms with Gasteiger partial charge in [0.2, 0.25) is 0 Å². The van der Waals surface area contributed by atoms with Crippen LogP contribution >= 0.6 is 0 Å². The molecule has 30 heavy (non-hydrogen) atoms. The van der Waals surface area contributed by atoms with Crippen molar-refractivity contribution in [1.82, 2.24) is 0 Å². The smallest absolute Gasteiger partial charge is 0.333 e. The minimum absolute atomic E-state index is 0.0325. The van der Waals surface area contributed by atoms with Crippen LogP contribution in [0.25, 0.3) is 0 Å². The fourth-order valence-electron chi connectivity index (χ4n) is 0.951. The Morgan fingerprint density at radius 1 is 0.600 bits per heavy atom. The highest BCUT2D eigenvalue weighted by Gasteiger charge is 2.05. The van der Waals surface area contributed by atoms with E-state index >= 15 is 0 Å². The van der Waals surface area contributed by atoms with E-state index in [9.17, 15) is 19.2 Å². The van der Waals surface area contributed by atoms with Gasteiger partial charge in [-0.2, -0.15) is 0 Å². The van der Waals surface area contributed by atoms with Crippen LogP contribution in [-0.4, -0.2) is 62.5 Å². The highest BCUT2D eigenvalue weighted by Crippen LogP contribution is 1.94. The maximum atomic E-state index is 10.8. The monoisotopic (exact) mass is 428 g/mol. The fraction of sp³-hybridized carbons (Fsp3) is 0.429. The summed E-state index contributed by atoms with van der Waals surface area (Å²) in [5, 5.41) is 8.19. The molecule has 0 saturated heterocycles. The summed E-state index contributed by atoms with van der Waals surface area (Å²) in [5.74, 6) is -1.78. The number of ether oxygens (including phenoxy) is 4. The molecular formula is C21H32O9. The van der Waals surface area contributed by atoms with Crippen molar-refractivity contribution in [2.45, 2.75) is 27.7 Å². The molecule has 0 radical (unpaired) electrons. The third-order valence-electron chi connectivity index (χ3n) is 2.45. The van der Waals surface area contributed by atoms with Gasteiger partial charge in [0.15, 0.2) is 0 Å². The van der Waals surface area contributed by atoms with E-state index in [0.717, 1.165) is 0 Å². The second kappa shape index (κ2) is 19.1. The molecule has 0 bridgehead atoms. The Bertz CT molecular complexity index is 617. The van der Waals surface area contributed by atoms with Gasteiger partial charge >= 0.3 is 23.9 Å². The van der Waals surface area contributed by atoms with Crippen LogP contribution in [0, 0.1) is 0 Å². The minimum Gasteiger partial charge on any atom is -0.466 e. The molecule has 0 heterocycles. The van der Waals surface area contributed by atoms with Crippen molar-refractivity contribution in [3.63, 3.8) is 0 Å². The standard InChI is InChI=1S/C10H14O4.C6H10O3.C5H8O2/c1-7(2)9(11)13-5-6-14-10(12)8(3)4;1-5(2)6(8)9-4-3-7;1-4(2)5(6)7-3/h1,3,5-6H2,2,4H3;7H,1,3-4H2,2H3;1H2,2-3H3. The van der Waals surface area contributed by atoms with E-state index in [2.05, 4.69) is 45.3 Å². The average Bonchev–Trinajstić information content (AvgIpc) is 2.68. The van der Waals surface area contributed by atoms with Gasteiger partial charge in [-0.15, -0.1) is 0 Å². The third kappa shape index (κ3) is 21.1. The van der Waals surface area contributed by atoms with Crippen molar-refractivity contribution in [3.8, 4) is 0 Å². The van der Waals surface area contributed by atoms with Crippen molar-refractivity contribution in [2.24, 2.45) is 0 Å². The first-order valence-electron chi connectivity index (χ1n) is 8.64. The quantitative estimate of drug-likeness (QED) is 0.254. The zero-order valence-corrected chi connectivity index (χ0v) is 18.4. The Morgan fingerprint density at radius 2 is 0.867 bits per heavy atom. The second-order valence-corrected chi connectivity index (χ2v) is 5.74. The number of aliphatic hydroxyl groups excluding tert-OH is 1. The van der Waals surface area contributed by atoms with Gasteiger partial charge in [-0.05, 0) is 27.7 Å². The lowest BCUT2D eigenvalue weighted by atomic mass is 10.4. The molecule has 9 nitrogen and oxygen atoms in total. The molecule has 170 valence electrons. The summed E-state index contributed by atoms with van der Waals surface area (Å²) in [4.78, 5) is 42.3. The van der Waals surface area contributed by atoms with E-state index in [1.54, 1.807) is 27.7 Å². The molecule has 0 aromatic heterocycles. The van der Waals surface area contributed by atoms with Crippen molar-refractivity contribution in [3.05, 3.63) is 48.6 Å². The zero-order chi connectivity index (χ0) is 24.3. The second-order valence-electron chi connectivity index (χ2n) is 5.74. The van der Waals surface area contributed by atoms with E-state index in [1.165, 1.54) is 7.11 Å². The third-order valence-corrected chi connectivity index (χ3v) is 2.45. The Kier molecular flexibility index (Phi) is 20.1. The number of aliphatic hydroxyl groups is 1. The Labute approximate surface area is 177 Å². The van der Waals surface area contributed by atoms with Gasteiger partial charge in [0.1, 0.15) is 19.8 Å². The first kappa shape index (κ1) is 31.5. The highest BCUT2D eigenvalue weighted by molar-refractivity contribution is 5.88. The Hall–Kier alpha value is -3.20. The molecule has 0 saturated carbocycles. The molecule has 0 aromatic carbocycles. The summed E-state index contributed by atoms with van der Waals surface area (Å²) in [6.07, 6.45) is 0. The van der Waals surface area contributed by atoms with Crippen LogP contribution in [-0.2, 0) is 38.1 Å². The molecule has 0 atom stereocenters. The molecule has 1 N–H and O–H groups in total. The van der Waals surface area contributed by atoms with E-state index in [1.807, 2.05) is 0 Å². The number of carbonyl (C=O) groups excluding carboxylic acids is 4. The summed E-state index contributed by atoms with van der Waals surface area (Å²) in [5.41, 5.74) is 1.42. The normalized spacial score (nSPS) is 8.60. The molecular weight excluding hydrogens is 396 g/mol. The van der Waals surface area contributed by atoms with Crippen molar-refractivity contribution < 1.29 is 43.2 Å². The van der Waals surface area contributed by atoms with Crippen molar-refractivity contribution in [2.75, 3.05) is 33.5 Å². The predicted molar refractivity (Wildman–Crippen MR) is 111 cm³/mol. The summed E-state index contributed by atoms with van der Waals surface area (Å²) >= 11 is 0. The molecule has 0 spiro atoms. The maximum absolute atomic E-state index is 10.8. The largest absolute Gasteiger partial charge is 0.466 e. The van der Waals surface area contributed by atoms with E-state index in [0.29, 0.717) is 22.3 Å². The van der Waals surface area contributed by atoms with Gasteiger partial charge < -0.3 is 24.1 Å². The van der Waals surface area contributed by atoms with Gasteiger partial charge in [0.25, 0.3) is 0 Å². The molecule has 0 aliphatic heterocycles. The van der Waals surface area contributed by atoms with E-state index in [4.69, 9.17) is 5.11 Å². The lowest BCUT2D eigenvalue weighted by Crippen LogP contribution is -2.14. The number of esters is 4. The number of methoxy groups -OCH3 is 1. The van der Waals surface area contributed by atoms with Crippen molar-refractivity contribution >= 4 is 23.9 Å². The van der Waals surface area contributed by atoms with Gasteiger partial charge in [0, 0.05) is 22.3 Å². The summed E-state index contributed by atoms with van der Waals surface area (Å²) in [6.45, 7) is 19.7. The number of hydrogen-bond donors (Lipinski definition) is 1. The molecule has 0 rings (SSSR count). The van der Waals surface area contributed by atoms with Crippen LogP contribution in [0.4, 0.5) is 0 Å². The molecule has 0 amide bonds. The van der Waals surface area contributed by atoms with Crippen molar-refractivity contribution in [1.29, 1.82) is 0 Å². The van der Waals surface area contributed by atoms with Crippen LogP contribution in [0.2, 0.25) is 0 Å². The van der Waals surface area contributed by atoms with Gasteiger partial charge in [-0.1, -0.05) is 26.3 Å².